The molecule has 0 radical (unpaired) electrons. The number of aromatic nitrogens is 1. The number of nitrogens with two attached hydrogens (primary N) is 1. The number of pyridine rings is 1. The molecule has 0 saturated heterocycles. The molecule has 0 atom stereocenters. The molecule has 1 saturated carbocycles. The third-order valence-electron chi connectivity index (χ3n) is 4.51. The molecule has 3 N–H and O–H groups in total. The maximum absolute atomic E-state index is 12.4. The van der Waals surface area contributed by atoms with Crippen LogP contribution in [-0.4, -0.2) is 34.9 Å². The van der Waals surface area contributed by atoms with Crippen molar-refractivity contribution in [3.05, 3.63) is 22.9 Å². The summed E-state index contributed by atoms with van der Waals surface area (Å²) in [6.45, 7) is 3.91. The molecule has 0 unspecified atom stereocenters. The molecule has 1 fully saturated rings. The second-order valence-electron chi connectivity index (χ2n) is 6.38. The fourth-order valence-corrected chi connectivity index (χ4v) is 2.98. The predicted molar refractivity (Wildman–Crippen MR) is 78.4 cm³/mol. The fourth-order valence-electron chi connectivity index (χ4n) is 2.98. The Bertz CT molecular complexity index is 551. The van der Waals surface area contributed by atoms with Crippen molar-refractivity contribution in [1.29, 1.82) is 0 Å². The summed E-state index contributed by atoms with van der Waals surface area (Å²) in [5.41, 5.74) is 8.59. The third-order valence-corrected chi connectivity index (χ3v) is 4.51. The summed E-state index contributed by atoms with van der Waals surface area (Å²) in [7, 11) is 2.08. The Morgan fingerprint density at radius 1 is 1.50 bits per heavy atom. The number of nitrogens with zero attached hydrogens (tertiary/aromatic N) is 2. The number of hydrogen-bond donors (Lipinski definition) is 2. The Labute approximate surface area is 119 Å². The lowest BCUT2D eigenvalue weighted by molar-refractivity contribution is 0.0851. The van der Waals surface area contributed by atoms with Crippen LogP contribution in [0.4, 0.5) is 5.82 Å². The molecule has 5 nitrogen and oxygen atoms in total. The molecular formula is C15H22N4O. The number of nitrogens with one attached hydrogen (secondary N) is 1. The smallest absolute Gasteiger partial charge is 0.255 e. The highest BCUT2D eigenvalue weighted by Gasteiger charge is 2.34. The second-order valence-corrected chi connectivity index (χ2v) is 6.38. The van der Waals surface area contributed by atoms with Gasteiger partial charge in [-0.05, 0) is 44.9 Å². The van der Waals surface area contributed by atoms with Crippen molar-refractivity contribution in [2.45, 2.75) is 44.7 Å². The molecular weight excluding hydrogens is 252 g/mol. The van der Waals surface area contributed by atoms with E-state index in [1.807, 2.05) is 6.07 Å². The van der Waals surface area contributed by atoms with Crippen LogP contribution in [-0.2, 0) is 13.0 Å². The summed E-state index contributed by atoms with van der Waals surface area (Å²) >= 11 is 0. The van der Waals surface area contributed by atoms with E-state index in [-0.39, 0.29) is 11.4 Å². The molecule has 108 valence electrons. The van der Waals surface area contributed by atoms with E-state index in [9.17, 15) is 4.79 Å². The Kier molecular flexibility index (Phi) is 3.17. The average molecular weight is 274 g/mol. The van der Waals surface area contributed by atoms with E-state index in [4.69, 9.17) is 5.73 Å². The Morgan fingerprint density at radius 2 is 2.25 bits per heavy atom. The van der Waals surface area contributed by atoms with Gasteiger partial charge in [-0.3, -0.25) is 4.79 Å². The molecule has 1 aliphatic carbocycles. The topological polar surface area (TPSA) is 71.2 Å². The number of carbonyl (C=O) groups is 1. The molecule has 0 bridgehead atoms. The number of likely N-dealkylation sites (N-methyl/N-ethyl adjacent to an activating group) is 1. The third kappa shape index (κ3) is 2.38. The summed E-state index contributed by atoms with van der Waals surface area (Å²) in [5.74, 6) is 0.266. The lowest BCUT2D eigenvalue weighted by Gasteiger charge is -2.39. The van der Waals surface area contributed by atoms with Gasteiger partial charge < -0.3 is 16.0 Å². The normalized spacial score (nSPS) is 20.9. The van der Waals surface area contributed by atoms with Gasteiger partial charge >= 0.3 is 0 Å². The molecule has 2 aliphatic rings. The van der Waals surface area contributed by atoms with E-state index in [1.54, 1.807) is 0 Å². The lowest BCUT2D eigenvalue weighted by atomic mass is 9.78. The average Bonchev–Trinajstić information content (AvgIpc) is 2.36. The zero-order valence-corrected chi connectivity index (χ0v) is 12.2. The van der Waals surface area contributed by atoms with Gasteiger partial charge in [-0.15, -0.1) is 0 Å². The summed E-state index contributed by atoms with van der Waals surface area (Å²) in [5, 5.41) is 3.10. The van der Waals surface area contributed by atoms with Crippen LogP contribution in [0.25, 0.3) is 0 Å². The first-order valence-corrected chi connectivity index (χ1v) is 7.26. The highest BCUT2D eigenvalue weighted by atomic mass is 16.1. The van der Waals surface area contributed by atoms with Crippen molar-refractivity contribution < 1.29 is 4.79 Å². The summed E-state index contributed by atoms with van der Waals surface area (Å²) in [6.07, 6.45) is 4.16. The van der Waals surface area contributed by atoms with Crippen molar-refractivity contribution in [2.75, 3.05) is 19.3 Å². The fraction of sp³-hybridized carbons (Fsp3) is 0.600. The summed E-state index contributed by atoms with van der Waals surface area (Å²) < 4.78 is 0. The van der Waals surface area contributed by atoms with Crippen molar-refractivity contribution in [3.63, 3.8) is 0 Å². The van der Waals surface area contributed by atoms with Crippen LogP contribution in [0.15, 0.2) is 6.07 Å². The van der Waals surface area contributed by atoms with Gasteiger partial charge in [0.25, 0.3) is 5.91 Å². The first-order chi connectivity index (χ1) is 9.47. The number of amides is 1. The van der Waals surface area contributed by atoms with E-state index in [2.05, 4.69) is 29.2 Å². The van der Waals surface area contributed by atoms with Crippen molar-refractivity contribution in [2.24, 2.45) is 0 Å². The molecule has 2 heterocycles. The van der Waals surface area contributed by atoms with E-state index in [0.29, 0.717) is 11.4 Å². The number of fused-ring (bicyclic) bond motifs is 1. The van der Waals surface area contributed by atoms with E-state index in [0.717, 1.165) is 43.6 Å². The standard InChI is InChI=1S/C15H22N4O/c1-15(5-3-6-15)18-14(20)11-8-10-9-19(2)7-4-12(10)17-13(11)16/h8H,3-7,9H2,1-2H3,(H2,16,17)(H,18,20). The van der Waals surface area contributed by atoms with Gasteiger partial charge in [-0.1, -0.05) is 0 Å². The van der Waals surface area contributed by atoms with Crippen LogP contribution in [0.3, 0.4) is 0 Å². The van der Waals surface area contributed by atoms with Gasteiger partial charge in [0.05, 0.1) is 5.56 Å². The van der Waals surface area contributed by atoms with Gasteiger partial charge in [0.15, 0.2) is 0 Å². The Morgan fingerprint density at radius 3 is 2.90 bits per heavy atom. The van der Waals surface area contributed by atoms with Crippen LogP contribution in [0.5, 0.6) is 0 Å². The second kappa shape index (κ2) is 4.74. The molecule has 20 heavy (non-hydrogen) atoms. The largest absolute Gasteiger partial charge is 0.383 e. The number of nitrogen functional groups attached to an aromatic ring is 1. The first-order valence-electron chi connectivity index (χ1n) is 7.26. The molecule has 1 aliphatic heterocycles. The molecule has 3 rings (SSSR count). The van der Waals surface area contributed by atoms with Crippen LogP contribution < -0.4 is 11.1 Å². The lowest BCUT2D eigenvalue weighted by Crippen LogP contribution is -2.51. The molecule has 1 aromatic heterocycles. The van der Waals surface area contributed by atoms with E-state index >= 15 is 0 Å². The van der Waals surface area contributed by atoms with Crippen LogP contribution in [0.2, 0.25) is 0 Å². The van der Waals surface area contributed by atoms with Gasteiger partial charge in [0.1, 0.15) is 5.82 Å². The highest BCUT2D eigenvalue weighted by Crippen LogP contribution is 2.31. The van der Waals surface area contributed by atoms with Crippen molar-refractivity contribution in [3.8, 4) is 0 Å². The minimum Gasteiger partial charge on any atom is -0.383 e. The Hall–Kier alpha value is -1.62. The number of hydrogen-bond acceptors (Lipinski definition) is 4. The summed E-state index contributed by atoms with van der Waals surface area (Å²) in [6, 6.07) is 1.92. The molecule has 5 heteroatoms. The van der Waals surface area contributed by atoms with Crippen molar-refractivity contribution in [1.82, 2.24) is 15.2 Å². The SMILES string of the molecule is CN1CCc2nc(N)c(C(=O)NC3(C)CCC3)cc2C1. The highest BCUT2D eigenvalue weighted by molar-refractivity contribution is 5.99. The minimum atomic E-state index is -0.0896. The predicted octanol–water partition coefficient (Wildman–Crippen LogP) is 1.32. The zero-order valence-electron chi connectivity index (χ0n) is 12.2. The van der Waals surface area contributed by atoms with Gasteiger partial charge in [0.2, 0.25) is 0 Å². The molecule has 0 aromatic carbocycles. The molecule has 1 amide bonds. The molecule has 1 aromatic rings. The van der Waals surface area contributed by atoms with Crippen molar-refractivity contribution >= 4 is 11.7 Å². The monoisotopic (exact) mass is 274 g/mol. The van der Waals surface area contributed by atoms with E-state index < -0.39 is 0 Å². The van der Waals surface area contributed by atoms with Gasteiger partial charge in [-0.2, -0.15) is 0 Å². The van der Waals surface area contributed by atoms with E-state index in [1.165, 1.54) is 6.42 Å². The van der Waals surface area contributed by atoms with Crippen LogP contribution in [0.1, 0.15) is 47.8 Å². The number of rotatable bonds is 2. The maximum Gasteiger partial charge on any atom is 0.255 e. The first kappa shape index (κ1) is 13.4. The Balaban J connectivity index is 1.85. The minimum absolute atomic E-state index is 0.0593. The van der Waals surface area contributed by atoms with Gasteiger partial charge in [0, 0.05) is 30.7 Å². The molecule has 0 spiro atoms. The maximum atomic E-state index is 12.4. The number of anilines is 1. The van der Waals surface area contributed by atoms with Crippen LogP contribution >= 0.6 is 0 Å². The van der Waals surface area contributed by atoms with Crippen LogP contribution in [0, 0.1) is 0 Å². The number of carbonyl (C=O) groups excluding carboxylic acids is 1. The van der Waals surface area contributed by atoms with Gasteiger partial charge in [-0.25, -0.2) is 4.98 Å². The quantitative estimate of drug-likeness (QED) is 0.853. The zero-order chi connectivity index (χ0) is 14.3. The summed E-state index contributed by atoms with van der Waals surface area (Å²) in [4.78, 5) is 19.1.